The Labute approximate surface area is 125 Å². The Bertz CT molecular complexity index is 401. The van der Waals surface area contributed by atoms with Gasteiger partial charge in [-0.3, -0.25) is 4.79 Å². The highest BCUT2D eigenvalue weighted by molar-refractivity contribution is 5.85. The molecule has 0 bridgehead atoms. The number of carboxylic acids is 1. The molecule has 1 rings (SSSR count). The third kappa shape index (κ3) is 7.21. The summed E-state index contributed by atoms with van der Waals surface area (Å²) in [5.41, 5.74) is 0. The highest BCUT2D eigenvalue weighted by atomic mass is 35.5. The number of likely N-dealkylation sites (N-methyl/N-ethyl adjacent to an activating group) is 1. The predicted octanol–water partition coefficient (Wildman–Crippen LogP) is 2.29. The molecule has 0 saturated heterocycles. The number of hydrogen-bond acceptors (Lipinski definition) is 4. The van der Waals surface area contributed by atoms with Crippen LogP contribution in [0, 0.1) is 0 Å². The van der Waals surface area contributed by atoms with Gasteiger partial charge in [-0.1, -0.05) is 12.1 Å². The number of rotatable bonds is 9. The third-order valence-electron chi connectivity index (χ3n) is 2.59. The quantitative estimate of drug-likeness (QED) is 0.758. The van der Waals surface area contributed by atoms with Gasteiger partial charge in [0.2, 0.25) is 0 Å². The zero-order valence-electron chi connectivity index (χ0n) is 11.9. The van der Waals surface area contributed by atoms with Crippen molar-refractivity contribution in [2.24, 2.45) is 0 Å². The van der Waals surface area contributed by atoms with Crippen molar-refractivity contribution in [1.82, 2.24) is 4.90 Å². The molecule has 114 valence electrons. The van der Waals surface area contributed by atoms with Crippen LogP contribution >= 0.6 is 12.4 Å². The molecule has 0 heterocycles. The Morgan fingerprint density at radius 2 is 1.80 bits per heavy atom. The summed E-state index contributed by atoms with van der Waals surface area (Å²) in [6.07, 6.45) is 0.145. The van der Waals surface area contributed by atoms with E-state index < -0.39 is 5.97 Å². The van der Waals surface area contributed by atoms with E-state index in [1.165, 1.54) is 0 Å². The highest BCUT2D eigenvalue weighted by Gasteiger charge is 2.05. The lowest BCUT2D eigenvalue weighted by Gasteiger charge is -2.17. The molecule has 1 N–H and O–H groups in total. The number of ether oxygens (including phenoxy) is 2. The lowest BCUT2D eigenvalue weighted by atomic mass is 10.3. The minimum absolute atomic E-state index is 0. The molecule has 1 aromatic carbocycles. The maximum Gasteiger partial charge on any atom is 0.304 e. The lowest BCUT2D eigenvalue weighted by molar-refractivity contribution is -0.137. The van der Waals surface area contributed by atoms with Gasteiger partial charge in [0.05, 0.1) is 13.0 Å². The zero-order chi connectivity index (χ0) is 14.1. The maximum absolute atomic E-state index is 10.4. The summed E-state index contributed by atoms with van der Waals surface area (Å²) >= 11 is 0. The number of halogens is 1. The summed E-state index contributed by atoms with van der Waals surface area (Å²) in [4.78, 5) is 12.4. The second-order valence-corrected chi connectivity index (χ2v) is 4.18. The van der Waals surface area contributed by atoms with Crippen LogP contribution in [-0.2, 0) is 4.79 Å². The minimum Gasteiger partial charge on any atom is -0.490 e. The van der Waals surface area contributed by atoms with Gasteiger partial charge in [-0.25, -0.2) is 0 Å². The molecular formula is C14H22ClNO4. The summed E-state index contributed by atoms with van der Waals surface area (Å²) in [6, 6.07) is 7.53. The number of nitrogens with zero attached hydrogens (tertiary/aromatic N) is 1. The van der Waals surface area contributed by atoms with Crippen molar-refractivity contribution in [1.29, 1.82) is 0 Å². The smallest absolute Gasteiger partial charge is 0.304 e. The molecule has 0 radical (unpaired) electrons. The van der Waals surface area contributed by atoms with Crippen LogP contribution in [0.2, 0.25) is 0 Å². The fraction of sp³-hybridized carbons (Fsp3) is 0.500. The third-order valence-corrected chi connectivity index (χ3v) is 2.59. The second-order valence-electron chi connectivity index (χ2n) is 4.18. The van der Waals surface area contributed by atoms with E-state index >= 15 is 0 Å². The molecule has 0 atom stereocenters. The standard InChI is InChI=1S/C14H21NO4.ClH/c1-3-18-12-6-4-5-7-13(12)19-11-10-15(2)9-8-14(16)17;/h4-7H,3,8-11H2,1-2H3,(H,16,17);1H. The van der Waals surface area contributed by atoms with Gasteiger partial charge >= 0.3 is 5.97 Å². The number of hydrogen-bond donors (Lipinski definition) is 1. The monoisotopic (exact) mass is 303 g/mol. The van der Waals surface area contributed by atoms with E-state index in [1.807, 2.05) is 43.1 Å². The number of benzene rings is 1. The molecule has 1 aromatic rings. The van der Waals surface area contributed by atoms with Crippen LogP contribution in [0.5, 0.6) is 11.5 Å². The maximum atomic E-state index is 10.4. The average molecular weight is 304 g/mol. The van der Waals surface area contributed by atoms with Crippen LogP contribution < -0.4 is 9.47 Å². The number of carbonyl (C=O) groups is 1. The average Bonchev–Trinajstić information content (AvgIpc) is 2.39. The van der Waals surface area contributed by atoms with Crippen molar-refractivity contribution < 1.29 is 19.4 Å². The molecule has 5 nitrogen and oxygen atoms in total. The molecule has 0 unspecified atom stereocenters. The molecule has 20 heavy (non-hydrogen) atoms. The lowest BCUT2D eigenvalue weighted by Crippen LogP contribution is -2.26. The first-order valence-electron chi connectivity index (χ1n) is 6.38. The van der Waals surface area contributed by atoms with Gasteiger partial charge in [0.25, 0.3) is 0 Å². The van der Waals surface area contributed by atoms with E-state index in [1.54, 1.807) is 0 Å². The Morgan fingerprint density at radius 3 is 2.35 bits per heavy atom. The van der Waals surface area contributed by atoms with Crippen LogP contribution in [0.3, 0.4) is 0 Å². The fourth-order valence-corrected chi connectivity index (χ4v) is 1.55. The van der Waals surface area contributed by atoms with E-state index in [-0.39, 0.29) is 18.8 Å². The van der Waals surface area contributed by atoms with Crippen molar-refractivity contribution >= 4 is 18.4 Å². The van der Waals surface area contributed by atoms with Crippen LogP contribution in [0.15, 0.2) is 24.3 Å². The molecule has 0 aliphatic rings. The summed E-state index contributed by atoms with van der Waals surface area (Å²) in [6.45, 7) is 4.22. The number of aliphatic carboxylic acids is 1. The van der Waals surface area contributed by atoms with Crippen molar-refractivity contribution in [2.45, 2.75) is 13.3 Å². The molecule has 0 aliphatic carbocycles. The van der Waals surface area contributed by atoms with Crippen LogP contribution in [-0.4, -0.2) is 49.3 Å². The summed E-state index contributed by atoms with van der Waals surface area (Å²) < 4.78 is 11.1. The zero-order valence-corrected chi connectivity index (χ0v) is 12.7. The first-order valence-corrected chi connectivity index (χ1v) is 6.38. The molecule has 0 spiro atoms. The van der Waals surface area contributed by atoms with E-state index in [0.29, 0.717) is 26.3 Å². The van der Waals surface area contributed by atoms with Gasteiger partial charge in [-0.15, -0.1) is 12.4 Å². The minimum atomic E-state index is -0.783. The van der Waals surface area contributed by atoms with E-state index in [0.717, 1.165) is 11.5 Å². The summed E-state index contributed by atoms with van der Waals surface area (Å²) in [5.74, 6) is 0.670. The van der Waals surface area contributed by atoms with Crippen molar-refractivity contribution in [2.75, 3.05) is 33.4 Å². The van der Waals surface area contributed by atoms with Gasteiger partial charge in [0, 0.05) is 13.1 Å². The van der Waals surface area contributed by atoms with Crippen LogP contribution in [0.4, 0.5) is 0 Å². The van der Waals surface area contributed by atoms with Gasteiger partial charge in [0.15, 0.2) is 11.5 Å². The Morgan fingerprint density at radius 1 is 1.20 bits per heavy atom. The van der Waals surface area contributed by atoms with E-state index in [2.05, 4.69) is 0 Å². The predicted molar refractivity (Wildman–Crippen MR) is 80.1 cm³/mol. The van der Waals surface area contributed by atoms with Crippen molar-refractivity contribution in [3.8, 4) is 11.5 Å². The second kappa shape index (κ2) is 10.3. The van der Waals surface area contributed by atoms with Crippen LogP contribution in [0.1, 0.15) is 13.3 Å². The topological polar surface area (TPSA) is 59.0 Å². The number of para-hydroxylation sites is 2. The van der Waals surface area contributed by atoms with Crippen LogP contribution in [0.25, 0.3) is 0 Å². The molecule has 0 saturated carbocycles. The SMILES string of the molecule is CCOc1ccccc1OCCN(C)CCC(=O)O.Cl. The van der Waals surface area contributed by atoms with E-state index in [4.69, 9.17) is 14.6 Å². The highest BCUT2D eigenvalue weighted by Crippen LogP contribution is 2.26. The Balaban J connectivity index is 0.00000361. The first kappa shape index (κ1) is 18.5. The molecular weight excluding hydrogens is 282 g/mol. The summed E-state index contributed by atoms with van der Waals surface area (Å²) in [7, 11) is 1.88. The molecule has 6 heteroatoms. The first-order chi connectivity index (χ1) is 9.13. The largest absolute Gasteiger partial charge is 0.490 e. The van der Waals surface area contributed by atoms with E-state index in [9.17, 15) is 4.79 Å². The summed E-state index contributed by atoms with van der Waals surface area (Å²) in [5, 5.41) is 8.59. The normalized spacial score (nSPS) is 9.95. The Hall–Kier alpha value is -1.46. The van der Waals surface area contributed by atoms with Crippen molar-refractivity contribution in [3.05, 3.63) is 24.3 Å². The van der Waals surface area contributed by atoms with Gasteiger partial charge in [0.1, 0.15) is 6.61 Å². The molecule has 0 aromatic heterocycles. The molecule has 0 fully saturated rings. The number of carboxylic acid groups (broad SMARTS) is 1. The van der Waals surface area contributed by atoms with Crippen molar-refractivity contribution in [3.63, 3.8) is 0 Å². The van der Waals surface area contributed by atoms with Gasteiger partial charge in [-0.2, -0.15) is 0 Å². The fourth-order valence-electron chi connectivity index (χ4n) is 1.55. The Kier molecular flexibility index (Phi) is 9.59. The molecule has 0 aliphatic heterocycles. The van der Waals surface area contributed by atoms with Gasteiger partial charge < -0.3 is 19.5 Å². The molecule has 0 amide bonds. The van der Waals surface area contributed by atoms with Gasteiger partial charge in [-0.05, 0) is 26.1 Å².